The van der Waals surface area contributed by atoms with E-state index in [4.69, 9.17) is 21.1 Å². The number of halogens is 1. The normalized spacial score (nSPS) is 20.0. The Hall–Kier alpha value is -1.82. The van der Waals surface area contributed by atoms with Gasteiger partial charge < -0.3 is 14.4 Å². The molecule has 0 aromatic heterocycles. The lowest BCUT2D eigenvalue weighted by Crippen LogP contribution is -2.46. The molecule has 2 aliphatic heterocycles. The zero-order valence-corrected chi connectivity index (χ0v) is 17.4. The molecule has 1 saturated heterocycles. The van der Waals surface area contributed by atoms with Gasteiger partial charge in [-0.25, -0.2) is 0 Å². The van der Waals surface area contributed by atoms with Crippen LogP contribution in [0.5, 0.6) is 0 Å². The van der Waals surface area contributed by atoms with E-state index < -0.39 is 0 Å². The minimum absolute atomic E-state index is 0.806. The summed E-state index contributed by atoms with van der Waals surface area (Å²) in [5.74, 6) is 2.67. The van der Waals surface area contributed by atoms with Crippen molar-refractivity contribution in [2.24, 2.45) is 0 Å². The largest absolute Gasteiger partial charge is 0.456 e. The van der Waals surface area contributed by atoms with E-state index in [1.54, 1.807) is 12.5 Å². The van der Waals surface area contributed by atoms with Crippen molar-refractivity contribution < 1.29 is 9.47 Å². The number of benzene rings is 1. The molecule has 6 heteroatoms. The molecular formula is C22H25ClN2O2S. The van der Waals surface area contributed by atoms with Crippen LogP contribution in [0.4, 0.5) is 0 Å². The molecule has 1 fully saturated rings. The number of allylic oxidation sites excluding steroid dienone is 4. The summed E-state index contributed by atoms with van der Waals surface area (Å²) in [6.07, 6.45) is 11.9. The molecule has 4 rings (SSSR count). The van der Waals surface area contributed by atoms with Gasteiger partial charge in [0.25, 0.3) is 0 Å². The average molecular weight is 417 g/mol. The van der Waals surface area contributed by atoms with Gasteiger partial charge in [-0.1, -0.05) is 42.0 Å². The van der Waals surface area contributed by atoms with Crippen LogP contribution < -0.4 is 0 Å². The van der Waals surface area contributed by atoms with Gasteiger partial charge in [0.05, 0.1) is 5.02 Å². The van der Waals surface area contributed by atoms with Crippen molar-refractivity contribution in [1.29, 1.82) is 0 Å². The molecule has 0 unspecified atom stereocenters. The summed E-state index contributed by atoms with van der Waals surface area (Å²) in [4.78, 5) is 5.90. The van der Waals surface area contributed by atoms with Gasteiger partial charge in [-0.2, -0.15) is 0 Å². The summed E-state index contributed by atoms with van der Waals surface area (Å²) in [5.41, 5.74) is 1.19. The van der Waals surface area contributed by atoms with Crippen molar-refractivity contribution in [3.63, 3.8) is 0 Å². The van der Waals surface area contributed by atoms with Crippen LogP contribution in [-0.2, 0) is 9.47 Å². The molecule has 0 bridgehead atoms. The first-order chi connectivity index (χ1) is 13.8. The molecule has 0 N–H and O–H groups in total. The lowest BCUT2D eigenvalue weighted by molar-refractivity contribution is 0.0872. The highest BCUT2D eigenvalue weighted by atomic mass is 35.5. The van der Waals surface area contributed by atoms with Crippen LogP contribution in [0, 0.1) is 0 Å². The second-order valence-corrected chi connectivity index (χ2v) is 8.48. The molecule has 0 spiro atoms. The van der Waals surface area contributed by atoms with Crippen molar-refractivity contribution in [2.75, 3.05) is 38.5 Å². The van der Waals surface area contributed by atoms with Crippen LogP contribution >= 0.6 is 23.4 Å². The van der Waals surface area contributed by atoms with Crippen molar-refractivity contribution in [1.82, 2.24) is 9.80 Å². The molecule has 2 heterocycles. The number of piperazine rings is 1. The maximum absolute atomic E-state index is 6.23. The first-order valence-electron chi connectivity index (χ1n) is 9.74. The van der Waals surface area contributed by atoms with Crippen LogP contribution in [0.2, 0.25) is 5.02 Å². The SMILES string of the molecule is Clc1ccccc1SCCN1CCN(C2=COC(C3=CC=CCC3)=CO2)CC1. The van der Waals surface area contributed by atoms with Crippen molar-refractivity contribution in [3.8, 4) is 0 Å². The quantitative estimate of drug-likeness (QED) is 0.607. The van der Waals surface area contributed by atoms with Gasteiger partial charge in [0.15, 0.2) is 12.0 Å². The predicted molar refractivity (Wildman–Crippen MR) is 115 cm³/mol. The molecule has 0 atom stereocenters. The maximum Gasteiger partial charge on any atom is 0.231 e. The van der Waals surface area contributed by atoms with Crippen LogP contribution in [0.15, 0.2) is 77.1 Å². The summed E-state index contributed by atoms with van der Waals surface area (Å²) in [7, 11) is 0. The van der Waals surface area contributed by atoms with Gasteiger partial charge in [-0.15, -0.1) is 11.8 Å². The van der Waals surface area contributed by atoms with E-state index in [1.807, 2.05) is 30.0 Å². The number of nitrogens with zero attached hydrogens (tertiary/aromatic N) is 2. The van der Waals surface area contributed by atoms with Crippen LogP contribution in [-0.4, -0.2) is 48.3 Å². The van der Waals surface area contributed by atoms with E-state index in [2.05, 4.69) is 34.1 Å². The van der Waals surface area contributed by atoms with Gasteiger partial charge in [0.2, 0.25) is 5.88 Å². The highest BCUT2D eigenvalue weighted by Crippen LogP contribution is 2.28. The van der Waals surface area contributed by atoms with Crippen molar-refractivity contribution >= 4 is 23.4 Å². The van der Waals surface area contributed by atoms with E-state index in [0.717, 1.165) is 72.9 Å². The Kier molecular flexibility index (Phi) is 6.68. The molecule has 0 radical (unpaired) electrons. The second kappa shape index (κ2) is 9.59. The smallest absolute Gasteiger partial charge is 0.231 e. The fourth-order valence-electron chi connectivity index (χ4n) is 3.43. The highest BCUT2D eigenvalue weighted by Gasteiger charge is 2.22. The minimum Gasteiger partial charge on any atom is -0.456 e. The fourth-order valence-corrected chi connectivity index (χ4v) is 4.68. The van der Waals surface area contributed by atoms with Crippen molar-refractivity contribution in [3.05, 3.63) is 77.3 Å². The topological polar surface area (TPSA) is 24.9 Å². The lowest BCUT2D eigenvalue weighted by Gasteiger charge is -2.36. The summed E-state index contributed by atoms with van der Waals surface area (Å²) in [6, 6.07) is 8.04. The van der Waals surface area contributed by atoms with Crippen LogP contribution in [0.3, 0.4) is 0 Å². The molecule has 3 aliphatic rings. The van der Waals surface area contributed by atoms with Gasteiger partial charge in [0, 0.05) is 43.4 Å². The van der Waals surface area contributed by atoms with E-state index in [-0.39, 0.29) is 0 Å². The standard InChI is InChI=1S/C22H25ClN2O2S/c23-19-8-4-5-9-21(19)28-15-14-24-10-12-25(13-11-24)22-17-26-20(16-27-22)18-6-2-1-3-7-18/h1-2,4-6,8-9,16-17H,3,7,10-15H2. The molecule has 0 saturated carbocycles. The van der Waals surface area contributed by atoms with E-state index in [0.29, 0.717) is 0 Å². The maximum atomic E-state index is 6.23. The third kappa shape index (κ3) is 4.96. The monoisotopic (exact) mass is 416 g/mol. The summed E-state index contributed by atoms with van der Waals surface area (Å²) < 4.78 is 11.7. The first kappa shape index (κ1) is 19.5. The number of ether oxygens (including phenoxy) is 2. The summed E-state index contributed by atoms with van der Waals surface area (Å²) in [6.45, 7) is 5.00. The lowest BCUT2D eigenvalue weighted by atomic mass is 10.0. The number of hydrogen-bond acceptors (Lipinski definition) is 5. The minimum atomic E-state index is 0.806. The van der Waals surface area contributed by atoms with Gasteiger partial charge in [-0.3, -0.25) is 4.90 Å². The molecule has 28 heavy (non-hydrogen) atoms. The predicted octanol–water partition coefficient (Wildman–Crippen LogP) is 5.01. The number of hydrogen-bond donors (Lipinski definition) is 0. The molecule has 4 nitrogen and oxygen atoms in total. The molecule has 1 aromatic rings. The van der Waals surface area contributed by atoms with E-state index in [9.17, 15) is 0 Å². The van der Waals surface area contributed by atoms with Crippen LogP contribution in [0.25, 0.3) is 0 Å². The van der Waals surface area contributed by atoms with Crippen LogP contribution in [0.1, 0.15) is 12.8 Å². The molecule has 0 amide bonds. The Morgan fingerprint density at radius 3 is 2.61 bits per heavy atom. The zero-order chi connectivity index (χ0) is 19.2. The summed E-state index contributed by atoms with van der Waals surface area (Å²) >= 11 is 8.05. The fraction of sp³-hybridized carbons (Fsp3) is 0.364. The second-order valence-electron chi connectivity index (χ2n) is 6.94. The van der Waals surface area contributed by atoms with Gasteiger partial charge in [0.1, 0.15) is 6.26 Å². The van der Waals surface area contributed by atoms with E-state index in [1.165, 1.54) is 5.57 Å². The Balaban J connectivity index is 1.19. The summed E-state index contributed by atoms with van der Waals surface area (Å²) in [5, 5.41) is 0.839. The van der Waals surface area contributed by atoms with Crippen molar-refractivity contribution in [2.45, 2.75) is 17.7 Å². The Bertz CT molecular complexity index is 811. The third-order valence-corrected chi connectivity index (χ3v) is 6.58. The Morgan fingerprint density at radius 2 is 1.89 bits per heavy atom. The number of thioether (sulfide) groups is 1. The molecule has 1 aromatic carbocycles. The number of rotatable bonds is 6. The first-order valence-corrected chi connectivity index (χ1v) is 11.1. The molecule has 148 valence electrons. The Morgan fingerprint density at radius 1 is 1.04 bits per heavy atom. The molecular weight excluding hydrogens is 392 g/mol. The van der Waals surface area contributed by atoms with Gasteiger partial charge >= 0.3 is 0 Å². The zero-order valence-electron chi connectivity index (χ0n) is 15.9. The Labute approximate surface area is 176 Å². The van der Waals surface area contributed by atoms with E-state index >= 15 is 0 Å². The highest BCUT2D eigenvalue weighted by molar-refractivity contribution is 7.99. The molecule has 1 aliphatic carbocycles. The van der Waals surface area contributed by atoms with Gasteiger partial charge in [-0.05, 0) is 30.5 Å². The average Bonchev–Trinajstić information content (AvgIpc) is 2.76. The third-order valence-electron chi connectivity index (χ3n) is 5.09.